The molecule has 208 valence electrons. The molecule has 8 nitrogen and oxygen atoms in total. The van der Waals surface area contributed by atoms with Crippen molar-refractivity contribution in [2.24, 2.45) is 11.8 Å². The molecule has 1 unspecified atom stereocenters. The molecule has 2 aromatic heterocycles. The van der Waals surface area contributed by atoms with Gasteiger partial charge in [0.15, 0.2) is 0 Å². The van der Waals surface area contributed by atoms with Crippen LogP contribution in [0.3, 0.4) is 0 Å². The van der Waals surface area contributed by atoms with Crippen LogP contribution in [0, 0.1) is 18.8 Å². The monoisotopic (exact) mass is 544 g/mol. The van der Waals surface area contributed by atoms with Crippen molar-refractivity contribution >= 4 is 17.6 Å². The van der Waals surface area contributed by atoms with Gasteiger partial charge in [0.25, 0.3) is 0 Å². The first-order valence-electron chi connectivity index (χ1n) is 12.7. The molecular formula is C28H31F3N4O4. The molecule has 1 atom stereocenters. The molecule has 3 N–H and O–H groups in total. The molecule has 0 amide bonds. The summed E-state index contributed by atoms with van der Waals surface area (Å²) < 4.78 is 44.1. The van der Waals surface area contributed by atoms with Gasteiger partial charge in [-0.3, -0.25) is 9.78 Å². The number of nitrogens with one attached hydrogen (secondary N) is 1. The second kappa shape index (κ2) is 11.7. The number of aromatic nitrogens is 3. The maximum absolute atomic E-state index is 13.0. The minimum Gasteiger partial charge on any atom is -0.463 e. The van der Waals surface area contributed by atoms with Crippen LogP contribution in [-0.2, 0) is 21.3 Å². The molecule has 0 aliphatic heterocycles. The third kappa shape index (κ3) is 6.90. The number of aryl methyl sites for hydroxylation is 1. The molecule has 0 radical (unpaired) electrons. The number of aliphatic hydroxyl groups is 2. The van der Waals surface area contributed by atoms with Gasteiger partial charge in [-0.15, -0.1) is 0 Å². The van der Waals surface area contributed by atoms with Gasteiger partial charge in [-0.2, -0.15) is 13.2 Å². The first-order valence-corrected chi connectivity index (χ1v) is 12.7. The summed E-state index contributed by atoms with van der Waals surface area (Å²) in [5.41, 5.74) is 1.22. The third-order valence-electron chi connectivity index (χ3n) is 7.09. The molecule has 1 aromatic carbocycles. The van der Waals surface area contributed by atoms with Gasteiger partial charge in [0.05, 0.1) is 18.2 Å². The topological polar surface area (TPSA) is 117 Å². The van der Waals surface area contributed by atoms with Crippen LogP contribution in [0.5, 0.6) is 0 Å². The Balaban J connectivity index is 1.46. The normalized spacial score (nSPS) is 19.3. The van der Waals surface area contributed by atoms with E-state index in [4.69, 9.17) is 9.84 Å². The molecule has 39 heavy (non-hydrogen) atoms. The Kier molecular flexibility index (Phi) is 8.51. The Hall–Kier alpha value is -3.57. The Morgan fingerprint density at radius 2 is 1.79 bits per heavy atom. The lowest BCUT2D eigenvalue weighted by atomic mass is 9.73. The molecular weight excluding hydrogens is 513 g/mol. The fraction of sp³-hybridized carbons (Fsp3) is 0.429. The average molecular weight is 545 g/mol. The molecule has 1 fully saturated rings. The zero-order valence-corrected chi connectivity index (χ0v) is 21.7. The fourth-order valence-electron chi connectivity index (χ4n) is 4.96. The zero-order valence-electron chi connectivity index (χ0n) is 21.7. The first kappa shape index (κ1) is 28.4. The van der Waals surface area contributed by atoms with Gasteiger partial charge in [0.2, 0.25) is 5.95 Å². The van der Waals surface area contributed by atoms with Gasteiger partial charge in [0, 0.05) is 23.6 Å². The molecule has 1 aliphatic carbocycles. The van der Waals surface area contributed by atoms with Crippen molar-refractivity contribution in [3.63, 3.8) is 0 Å². The van der Waals surface area contributed by atoms with E-state index in [-0.39, 0.29) is 37.0 Å². The van der Waals surface area contributed by atoms with Crippen LogP contribution in [0.4, 0.5) is 24.8 Å². The Labute approximate surface area is 224 Å². The van der Waals surface area contributed by atoms with Crippen molar-refractivity contribution in [3.05, 3.63) is 65.7 Å². The van der Waals surface area contributed by atoms with Crippen molar-refractivity contribution in [2.45, 2.75) is 51.3 Å². The van der Waals surface area contributed by atoms with Crippen molar-refractivity contribution in [3.8, 4) is 11.1 Å². The molecule has 4 rings (SSSR count). The first-order chi connectivity index (χ1) is 18.5. The minimum atomic E-state index is -4.57. The van der Waals surface area contributed by atoms with E-state index < -0.39 is 17.5 Å². The molecule has 3 aromatic rings. The Morgan fingerprint density at radius 3 is 2.44 bits per heavy atom. The quantitative estimate of drug-likeness (QED) is 0.333. The van der Waals surface area contributed by atoms with Crippen LogP contribution < -0.4 is 5.32 Å². The lowest BCUT2D eigenvalue weighted by Crippen LogP contribution is -2.37. The number of hydrogen-bond donors (Lipinski definition) is 3. The zero-order chi connectivity index (χ0) is 28.2. The van der Waals surface area contributed by atoms with E-state index in [1.807, 2.05) is 19.1 Å². The summed E-state index contributed by atoms with van der Waals surface area (Å²) in [4.78, 5) is 24.1. The van der Waals surface area contributed by atoms with Crippen LogP contribution in [0.1, 0.15) is 49.6 Å². The molecule has 1 saturated carbocycles. The van der Waals surface area contributed by atoms with Gasteiger partial charge in [0.1, 0.15) is 17.9 Å². The highest BCUT2D eigenvalue weighted by Gasteiger charge is 2.39. The predicted molar refractivity (Wildman–Crippen MR) is 138 cm³/mol. The maximum Gasteiger partial charge on any atom is 0.433 e. The standard InChI is InChI=1S/C28H31F3N4O4/c1-17-13-20(15-22(14-17)34-26-32-10-9-24(35-26)28(29,30)31)19-5-8-23(33-16-19)27(2,38)21-6-3-18(4-7-21)25(37)39-12-11-36/h5,8-10,13-16,18,21,36,38H,3-4,6-7,11-12H2,1-2H3,(H,32,34,35)/t18-,21-,27?. The highest BCUT2D eigenvalue weighted by Crippen LogP contribution is 2.41. The lowest BCUT2D eigenvalue weighted by molar-refractivity contribution is -0.152. The number of ether oxygens (including phenoxy) is 1. The Morgan fingerprint density at radius 1 is 1.05 bits per heavy atom. The number of carbonyl (C=O) groups excluding carboxylic acids is 1. The molecule has 0 bridgehead atoms. The van der Waals surface area contributed by atoms with Crippen LogP contribution in [0.25, 0.3) is 11.1 Å². The SMILES string of the molecule is Cc1cc(Nc2nccc(C(F)(F)F)n2)cc(-c2ccc(C(C)(O)[C@H]3CC[C@H](C(=O)OCCO)CC3)nc2)c1. The number of nitrogens with zero attached hydrogens (tertiary/aromatic N) is 3. The number of alkyl halides is 3. The highest BCUT2D eigenvalue weighted by molar-refractivity contribution is 5.72. The molecule has 0 spiro atoms. The number of halogens is 3. The number of esters is 1. The van der Waals surface area contributed by atoms with E-state index in [0.29, 0.717) is 37.1 Å². The number of benzene rings is 1. The molecule has 11 heteroatoms. The summed E-state index contributed by atoms with van der Waals surface area (Å²) in [5, 5.41) is 23.0. The summed E-state index contributed by atoms with van der Waals surface area (Å²) >= 11 is 0. The van der Waals surface area contributed by atoms with Crippen molar-refractivity contribution < 1.29 is 32.9 Å². The highest BCUT2D eigenvalue weighted by atomic mass is 19.4. The predicted octanol–water partition coefficient (Wildman–Crippen LogP) is 5.16. The second-order valence-corrected chi connectivity index (χ2v) is 10.00. The summed E-state index contributed by atoms with van der Waals surface area (Å²) in [6.45, 7) is 3.38. The summed E-state index contributed by atoms with van der Waals surface area (Å²) in [6, 6.07) is 9.88. The molecule has 0 saturated heterocycles. The van der Waals surface area contributed by atoms with E-state index in [1.54, 1.807) is 31.3 Å². The van der Waals surface area contributed by atoms with E-state index >= 15 is 0 Å². The van der Waals surface area contributed by atoms with Crippen LogP contribution in [0.15, 0.2) is 48.8 Å². The largest absolute Gasteiger partial charge is 0.463 e. The van der Waals surface area contributed by atoms with E-state index in [1.165, 1.54) is 0 Å². The summed E-state index contributed by atoms with van der Waals surface area (Å²) in [7, 11) is 0. The average Bonchev–Trinajstić information content (AvgIpc) is 2.91. The van der Waals surface area contributed by atoms with Gasteiger partial charge in [-0.1, -0.05) is 12.1 Å². The van der Waals surface area contributed by atoms with Crippen LogP contribution in [-0.4, -0.2) is 44.3 Å². The number of anilines is 2. The van der Waals surface area contributed by atoms with Crippen LogP contribution >= 0.6 is 0 Å². The molecule has 2 heterocycles. The Bertz CT molecular complexity index is 1290. The maximum atomic E-state index is 13.0. The van der Waals surface area contributed by atoms with Gasteiger partial charge < -0.3 is 20.3 Å². The fourth-order valence-corrected chi connectivity index (χ4v) is 4.96. The second-order valence-electron chi connectivity index (χ2n) is 10.00. The van der Waals surface area contributed by atoms with Crippen molar-refractivity contribution in [2.75, 3.05) is 18.5 Å². The third-order valence-corrected chi connectivity index (χ3v) is 7.09. The number of aliphatic hydroxyl groups excluding tert-OH is 1. The van der Waals surface area contributed by atoms with E-state index in [9.17, 15) is 23.1 Å². The van der Waals surface area contributed by atoms with E-state index in [2.05, 4.69) is 20.3 Å². The summed E-state index contributed by atoms with van der Waals surface area (Å²) in [6.07, 6.45) is 0.604. The molecule has 1 aliphatic rings. The number of rotatable bonds is 8. The summed E-state index contributed by atoms with van der Waals surface area (Å²) in [5.74, 6) is -0.789. The van der Waals surface area contributed by atoms with Gasteiger partial charge in [-0.25, -0.2) is 9.97 Å². The minimum absolute atomic E-state index is 0.00966. The van der Waals surface area contributed by atoms with Gasteiger partial charge >= 0.3 is 12.1 Å². The lowest BCUT2D eigenvalue weighted by Gasteiger charge is -2.37. The van der Waals surface area contributed by atoms with Crippen molar-refractivity contribution in [1.82, 2.24) is 15.0 Å². The number of hydrogen-bond acceptors (Lipinski definition) is 8. The van der Waals surface area contributed by atoms with Crippen molar-refractivity contribution in [1.29, 1.82) is 0 Å². The number of pyridine rings is 1. The number of carbonyl (C=O) groups is 1. The smallest absolute Gasteiger partial charge is 0.433 e. The van der Waals surface area contributed by atoms with E-state index in [0.717, 1.165) is 29.0 Å². The van der Waals surface area contributed by atoms with Gasteiger partial charge in [-0.05, 0) is 80.8 Å². The van der Waals surface area contributed by atoms with Crippen LogP contribution in [0.2, 0.25) is 0 Å².